The van der Waals surface area contributed by atoms with E-state index in [-0.39, 0.29) is 11.0 Å². The normalized spacial score (nSPS) is 10.9. The molecule has 8 heteroatoms. The second-order valence-corrected chi connectivity index (χ2v) is 8.75. The van der Waals surface area contributed by atoms with E-state index in [1.807, 2.05) is 42.5 Å². The highest BCUT2D eigenvalue weighted by molar-refractivity contribution is 7.80. The summed E-state index contributed by atoms with van der Waals surface area (Å²) in [6, 6.07) is 20.2. The van der Waals surface area contributed by atoms with Gasteiger partial charge in [-0.25, -0.2) is 4.98 Å². The topological polar surface area (TPSA) is 79.0 Å². The fraction of sp³-hybridized carbons (Fsp3) is 0.160. The van der Waals surface area contributed by atoms with Crippen LogP contribution in [0.1, 0.15) is 24.2 Å². The summed E-state index contributed by atoms with van der Waals surface area (Å²) < 4.78 is 5.70. The third-order valence-electron chi connectivity index (χ3n) is 4.78. The molecule has 3 N–H and O–H groups in total. The van der Waals surface area contributed by atoms with Crippen LogP contribution in [0.5, 0.6) is 5.75 Å². The van der Waals surface area contributed by atoms with Crippen molar-refractivity contribution >= 4 is 51.6 Å². The molecule has 4 aromatic rings. The number of anilines is 1. The van der Waals surface area contributed by atoms with Crippen molar-refractivity contribution in [3.05, 3.63) is 77.3 Å². The maximum atomic E-state index is 12.7. The van der Waals surface area contributed by atoms with Gasteiger partial charge in [-0.05, 0) is 66.7 Å². The fourth-order valence-electron chi connectivity index (χ4n) is 3.18. The molecule has 0 unspecified atom stereocenters. The van der Waals surface area contributed by atoms with Crippen LogP contribution in [0.3, 0.4) is 0 Å². The molecular formula is C25H23ClN4O2S. The minimum atomic E-state index is -0.341. The molecule has 0 spiro atoms. The minimum absolute atomic E-state index is 0.136. The summed E-state index contributed by atoms with van der Waals surface area (Å²) in [7, 11) is 0. The van der Waals surface area contributed by atoms with Gasteiger partial charge in [-0.3, -0.25) is 10.1 Å². The number of benzene rings is 3. The van der Waals surface area contributed by atoms with Crippen molar-refractivity contribution in [3.8, 4) is 17.1 Å². The number of carbonyl (C=O) groups excluding carboxylic acids is 1. The Morgan fingerprint density at radius 2 is 1.94 bits per heavy atom. The van der Waals surface area contributed by atoms with Crippen LogP contribution in [0, 0.1) is 5.92 Å². The summed E-state index contributed by atoms with van der Waals surface area (Å²) >= 11 is 11.7. The second-order valence-electron chi connectivity index (χ2n) is 7.94. The highest BCUT2D eigenvalue weighted by Gasteiger charge is 2.12. The fourth-order valence-corrected chi connectivity index (χ4v) is 3.54. The molecule has 1 heterocycles. The van der Waals surface area contributed by atoms with Crippen LogP contribution in [-0.4, -0.2) is 27.6 Å². The molecule has 0 atom stereocenters. The van der Waals surface area contributed by atoms with E-state index < -0.39 is 0 Å². The largest absolute Gasteiger partial charge is 0.493 e. The average Bonchev–Trinajstić information content (AvgIpc) is 3.23. The van der Waals surface area contributed by atoms with Gasteiger partial charge >= 0.3 is 0 Å². The monoisotopic (exact) mass is 478 g/mol. The molecule has 0 fully saturated rings. The average molecular weight is 479 g/mol. The molecule has 0 saturated heterocycles. The van der Waals surface area contributed by atoms with Gasteiger partial charge in [0.05, 0.1) is 28.4 Å². The Hall–Kier alpha value is -3.42. The molecule has 0 radical (unpaired) electrons. The first kappa shape index (κ1) is 22.8. The zero-order valence-corrected chi connectivity index (χ0v) is 19.8. The maximum Gasteiger partial charge on any atom is 0.257 e. The molecule has 0 aliphatic heterocycles. The lowest BCUT2D eigenvalue weighted by molar-refractivity contribution is 0.0977. The Morgan fingerprint density at radius 3 is 2.73 bits per heavy atom. The molecule has 168 valence electrons. The number of ether oxygens (including phenoxy) is 1. The highest BCUT2D eigenvalue weighted by atomic mass is 35.5. The number of fused-ring (bicyclic) bond motifs is 1. The third kappa shape index (κ3) is 5.69. The Morgan fingerprint density at radius 1 is 1.12 bits per heavy atom. The van der Waals surface area contributed by atoms with Crippen LogP contribution in [0.4, 0.5) is 5.69 Å². The van der Waals surface area contributed by atoms with Crippen LogP contribution in [0.15, 0.2) is 66.7 Å². The predicted molar refractivity (Wildman–Crippen MR) is 137 cm³/mol. The van der Waals surface area contributed by atoms with Gasteiger partial charge in [0, 0.05) is 11.1 Å². The Bertz CT molecular complexity index is 1290. The second kappa shape index (κ2) is 10.0. The SMILES string of the molecule is CC(C)COc1cccc(C(=O)NC(=S)Nc2cc(-c3nc4ccccc4[nH]3)ccc2Cl)c1. The summed E-state index contributed by atoms with van der Waals surface area (Å²) in [6.45, 7) is 4.70. The number of nitrogens with zero attached hydrogens (tertiary/aromatic N) is 1. The Labute approximate surface area is 202 Å². The van der Waals surface area contributed by atoms with E-state index in [4.69, 9.17) is 28.6 Å². The van der Waals surface area contributed by atoms with Crippen LogP contribution in [-0.2, 0) is 0 Å². The van der Waals surface area contributed by atoms with Crippen LogP contribution < -0.4 is 15.4 Å². The molecule has 33 heavy (non-hydrogen) atoms. The molecule has 0 bridgehead atoms. The number of thiocarbonyl (C=S) groups is 1. The molecule has 0 aliphatic rings. The van der Waals surface area contributed by atoms with E-state index in [0.29, 0.717) is 40.4 Å². The zero-order chi connectivity index (χ0) is 23.4. The van der Waals surface area contributed by atoms with E-state index in [9.17, 15) is 4.79 Å². The van der Waals surface area contributed by atoms with Crippen LogP contribution in [0.25, 0.3) is 22.4 Å². The quantitative estimate of drug-likeness (QED) is 0.294. The van der Waals surface area contributed by atoms with Gasteiger partial charge < -0.3 is 15.0 Å². The summed E-state index contributed by atoms with van der Waals surface area (Å²) in [5.74, 6) is 1.40. The number of nitrogens with one attached hydrogen (secondary N) is 3. The van der Waals surface area contributed by atoms with E-state index in [1.54, 1.807) is 24.3 Å². The predicted octanol–water partition coefficient (Wildman–Crippen LogP) is 6.04. The molecule has 6 nitrogen and oxygen atoms in total. The first-order valence-electron chi connectivity index (χ1n) is 10.5. The summed E-state index contributed by atoms with van der Waals surface area (Å²) in [5, 5.41) is 6.30. The van der Waals surface area contributed by atoms with Crippen LogP contribution >= 0.6 is 23.8 Å². The van der Waals surface area contributed by atoms with Crippen molar-refractivity contribution in [2.75, 3.05) is 11.9 Å². The molecule has 0 aliphatic carbocycles. The lowest BCUT2D eigenvalue weighted by Crippen LogP contribution is -2.34. The van der Waals surface area contributed by atoms with E-state index in [0.717, 1.165) is 16.6 Å². The first-order valence-corrected chi connectivity index (χ1v) is 11.3. The number of hydrogen-bond acceptors (Lipinski definition) is 4. The number of aromatic amines is 1. The zero-order valence-electron chi connectivity index (χ0n) is 18.2. The molecule has 3 aromatic carbocycles. The van der Waals surface area contributed by atoms with Crippen molar-refractivity contribution in [3.63, 3.8) is 0 Å². The lowest BCUT2D eigenvalue weighted by atomic mass is 10.2. The molecule has 4 rings (SSSR count). The van der Waals surface area contributed by atoms with Crippen molar-refractivity contribution in [1.29, 1.82) is 0 Å². The third-order valence-corrected chi connectivity index (χ3v) is 5.32. The van der Waals surface area contributed by atoms with Gasteiger partial charge in [-0.2, -0.15) is 0 Å². The lowest BCUT2D eigenvalue weighted by Gasteiger charge is -2.13. The van der Waals surface area contributed by atoms with Crippen molar-refractivity contribution < 1.29 is 9.53 Å². The summed E-state index contributed by atoms with van der Waals surface area (Å²) in [6.07, 6.45) is 0. The van der Waals surface area contributed by atoms with E-state index >= 15 is 0 Å². The van der Waals surface area contributed by atoms with Crippen molar-refractivity contribution in [2.24, 2.45) is 5.92 Å². The highest BCUT2D eigenvalue weighted by Crippen LogP contribution is 2.28. The number of para-hydroxylation sites is 2. The van der Waals surface area contributed by atoms with Gasteiger partial charge in [0.1, 0.15) is 11.6 Å². The van der Waals surface area contributed by atoms with E-state index in [2.05, 4.69) is 34.4 Å². The standard InChI is InChI=1S/C25H23ClN4O2S/c1-15(2)14-32-18-7-5-6-17(12-18)24(31)30-25(33)29-22-13-16(10-11-19(22)26)23-27-20-8-3-4-9-21(20)28-23/h3-13,15H,14H2,1-2H3,(H,27,28)(H2,29,30,31,33). The number of hydrogen-bond donors (Lipinski definition) is 3. The van der Waals surface area contributed by atoms with Crippen molar-refractivity contribution in [2.45, 2.75) is 13.8 Å². The number of halogens is 1. The summed E-state index contributed by atoms with van der Waals surface area (Å²) in [4.78, 5) is 20.6. The molecule has 1 amide bonds. The number of H-pyrrole nitrogens is 1. The summed E-state index contributed by atoms with van der Waals surface area (Å²) in [5.41, 5.74) is 3.66. The Kier molecular flexibility index (Phi) is 6.91. The van der Waals surface area contributed by atoms with Crippen LogP contribution in [0.2, 0.25) is 5.02 Å². The van der Waals surface area contributed by atoms with Crippen molar-refractivity contribution in [1.82, 2.24) is 15.3 Å². The Balaban J connectivity index is 1.45. The minimum Gasteiger partial charge on any atom is -0.493 e. The number of aromatic nitrogens is 2. The van der Waals surface area contributed by atoms with Gasteiger partial charge in [0.25, 0.3) is 5.91 Å². The number of carbonyl (C=O) groups is 1. The number of rotatable bonds is 6. The van der Waals surface area contributed by atoms with Gasteiger partial charge in [-0.1, -0.05) is 43.6 Å². The number of imidazole rings is 1. The van der Waals surface area contributed by atoms with Gasteiger partial charge in [-0.15, -0.1) is 0 Å². The van der Waals surface area contributed by atoms with E-state index in [1.165, 1.54) is 0 Å². The van der Waals surface area contributed by atoms with Gasteiger partial charge in [0.15, 0.2) is 5.11 Å². The molecule has 0 saturated carbocycles. The first-order chi connectivity index (χ1) is 15.9. The number of amides is 1. The smallest absolute Gasteiger partial charge is 0.257 e. The maximum absolute atomic E-state index is 12.7. The molecular weight excluding hydrogens is 456 g/mol. The molecule has 1 aromatic heterocycles. The van der Waals surface area contributed by atoms with Gasteiger partial charge in [0.2, 0.25) is 0 Å².